The fourth-order valence-corrected chi connectivity index (χ4v) is 2.09. The predicted octanol–water partition coefficient (Wildman–Crippen LogP) is 4.32. The molecule has 0 amide bonds. The molecular weight excluding hydrogens is 180 g/mol. The lowest BCUT2D eigenvalue weighted by Crippen LogP contribution is -1.98. The summed E-state index contributed by atoms with van der Waals surface area (Å²) < 4.78 is 0. The van der Waals surface area contributed by atoms with Gasteiger partial charge in [0.25, 0.3) is 0 Å². The molecule has 0 aliphatic rings. The van der Waals surface area contributed by atoms with Crippen LogP contribution in [0.4, 0.5) is 0 Å². The first-order chi connectivity index (χ1) is 7.33. The van der Waals surface area contributed by atoms with E-state index in [1.54, 1.807) is 5.56 Å². The Morgan fingerprint density at radius 3 is 2.20 bits per heavy atom. The fourth-order valence-electron chi connectivity index (χ4n) is 2.09. The summed E-state index contributed by atoms with van der Waals surface area (Å²) >= 11 is 0. The monoisotopic (exact) mass is 202 g/mol. The summed E-state index contributed by atoms with van der Waals surface area (Å²) in [6, 6.07) is 6.72. The molecular formula is C15H22. The van der Waals surface area contributed by atoms with Gasteiger partial charge in [0.1, 0.15) is 0 Å². The molecule has 1 rings (SSSR count). The van der Waals surface area contributed by atoms with Crippen LogP contribution in [0.15, 0.2) is 30.9 Å². The summed E-state index contributed by atoms with van der Waals surface area (Å²) in [6.45, 7) is 8.26. The number of hydrogen-bond donors (Lipinski definition) is 0. The molecule has 1 aromatic carbocycles. The predicted molar refractivity (Wildman–Crippen MR) is 68.3 cm³/mol. The zero-order valence-corrected chi connectivity index (χ0v) is 10.1. The van der Waals surface area contributed by atoms with E-state index >= 15 is 0 Å². The third-order valence-electron chi connectivity index (χ3n) is 2.97. The molecule has 0 aliphatic heterocycles. The van der Waals surface area contributed by atoms with Gasteiger partial charge in [0.2, 0.25) is 0 Å². The normalized spacial score (nSPS) is 10.3. The van der Waals surface area contributed by atoms with Crippen molar-refractivity contribution in [3.05, 3.63) is 47.5 Å². The van der Waals surface area contributed by atoms with Crippen LogP contribution < -0.4 is 0 Å². The van der Waals surface area contributed by atoms with E-state index in [-0.39, 0.29) is 0 Å². The van der Waals surface area contributed by atoms with Crippen molar-refractivity contribution in [2.24, 2.45) is 0 Å². The van der Waals surface area contributed by atoms with Crippen molar-refractivity contribution in [3.63, 3.8) is 0 Å². The Balaban J connectivity index is 2.84. The van der Waals surface area contributed by atoms with Crippen LogP contribution in [0.1, 0.15) is 43.4 Å². The number of rotatable bonds is 6. The maximum Gasteiger partial charge on any atom is -0.0270 e. The molecule has 0 aromatic heterocycles. The van der Waals surface area contributed by atoms with Crippen LogP contribution in [0.2, 0.25) is 0 Å². The molecule has 15 heavy (non-hydrogen) atoms. The SMILES string of the molecule is C=CCCCc1c(CC)cccc1CC. The maximum atomic E-state index is 3.78. The van der Waals surface area contributed by atoms with Crippen molar-refractivity contribution in [2.75, 3.05) is 0 Å². The van der Waals surface area contributed by atoms with Crippen LogP contribution >= 0.6 is 0 Å². The average molecular weight is 202 g/mol. The van der Waals surface area contributed by atoms with Gasteiger partial charge in [-0.2, -0.15) is 0 Å². The Bertz CT molecular complexity index is 288. The van der Waals surface area contributed by atoms with Crippen molar-refractivity contribution in [3.8, 4) is 0 Å². The summed E-state index contributed by atoms with van der Waals surface area (Å²) in [4.78, 5) is 0. The molecule has 0 unspecified atom stereocenters. The second-order valence-corrected chi connectivity index (χ2v) is 3.94. The van der Waals surface area contributed by atoms with E-state index in [1.165, 1.54) is 24.0 Å². The van der Waals surface area contributed by atoms with Gasteiger partial charge in [0, 0.05) is 0 Å². The van der Waals surface area contributed by atoms with Gasteiger partial charge in [-0.25, -0.2) is 0 Å². The van der Waals surface area contributed by atoms with Crippen molar-refractivity contribution >= 4 is 0 Å². The van der Waals surface area contributed by atoms with E-state index in [4.69, 9.17) is 0 Å². The van der Waals surface area contributed by atoms with Gasteiger partial charge < -0.3 is 0 Å². The highest BCUT2D eigenvalue weighted by Gasteiger charge is 2.04. The minimum atomic E-state index is 1.13. The summed E-state index contributed by atoms with van der Waals surface area (Å²) in [5.74, 6) is 0. The molecule has 0 saturated heterocycles. The van der Waals surface area contributed by atoms with Gasteiger partial charge >= 0.3 is 0 Å². The molecule has 0 bridgehead atoms. The third kappa shape index (κ3) is 3.23. The quantitative estimate of drug-likeness (QED) is 0.476. The molecule has 0 saturated carbocycles. The minimum Gasteiger partial charge on any atom is -0.103 e. The highest BCUT2D eigenvalue weighted by molar-refractivity contribution is 5.35. The second kappa shape index (κ2) is 6.44. The van der Waals surface area contributed by atoms with Crippen LogP contribution in [-0.4, -0.2) is 0 Å². The number of aryl methyl sites for hydroxylation is 2. The summed E-state index contributed by atoms with van der Waals surface area (Å²) in [6.07, 6.45) is 7.88. The summed E-state index contributed by atoms with van der Waals surface area (Å²) in [7, 11) is 0. The largest absolute Gasteiger partial charge is 0.103 e. The van der Waals surface area contributed by atoms with E-state index < -0.39 is 0 Å². The highest BCUT2D eigenvalue weighted by atomic mass is 14.1. The Hall–Kier alpha value is -1.04. The molecule has 0 aliphatic carbocycles. The molecule has 1 aromatic rings. The molecule has 0 radical (unpaired) electrons. The smallest absolute Gasteiger partial charge is 0.0270 e. The molecule has 0 atom stereocenters. The lowest BCUT2D eigenvalue weighted by atomic mass is 9.93. The van der Waals surface area contributed by atoms with Gasteiger partial charge in [0.05, 0.1) is 0 Å². The van der Waals surface area contributed by atoms with Crippen LogP contribution in [-0.2, 0) is 19.3 Å². The summed E-state index contributed by atoms with van der Waals surface area (Å²) in [5, 5.41) is 0. The Morgan fingerprint density at radius 1 is 1.13 bits per heavy atom. The van der Waals surface area contributed by atoms with Crippen LogP contribution in [0.5, 0.6) is 0 Å². The Morgan fingerprint density at radius 2 is 1.73 bits per heavy atom. The molecule has 82 valence electrons. The second-order valence-electron chi connectivity index (χ2n) is 3.94. The molecule has 0 heterocycles. The van der Waals surface area contributed by atoms with Gasteiger partial charge in [-0.05, 0) is 48.8 Å². The zero-order chi connectivity index (χ0) is 11.1. The van der Waals surface area contributed by atoms with Gasteiger partial charge in [0.15, 0.2) is 0 Å². The first-order valence-corrected chi connectivity index (χ1v) is 6.04. The van der Waals surface area contributed by atoms with Crippen molar-refractivity contribution in [1.82, 2.24) is 0 Å². The standard InChI is InChI=1S/C15H22/c1-4-7-8-12-15-13(5-2)10-9-11-14(15)6-3/h4,9-11H,1,5-8,12H2,2-3H3. The van der Waals surface area contributed by atoms with E-state index in [1.807, 2.05) is 6.08 Å². The maximum absolute atomic E-state index is 3.78. The van der Waals surface area contributed by atoms with Gasteiger partial charge in [-0.3, -0.25) is 0 Å². The van der Waals surface area contributed by atoms with E-state index in [9.17, 15) is 0 Å². The molecule has 0 N–H and O–H groups in total. The topological polar surface area (TPSA) is 0 Å². The van der Waals surface area contributed by atoms with Gasteiger partial charge in [-0.1, -0.05) is 38.1 Å². The first kappa shape index (κ1) is 12.0. The van der Waals surface area contributed by atoms with E-state index in [0.29, 0.717) is 0 Å². The van der Waals surface area contributed by atoms with Crippen LogP contribution in [0.3, 0.4) is 0 Å². The molecule has 0 spiro atoms. The number of allylic oxidation sites excluding steroid dienone is 1. The molecule has 0 nitrogen and oxygen atoms in total. The zero-order valence-electron chi connectivity index (χ0n) is 10.1. The lowest BCUT2D eigenvalue weighted by molar-refractivity contribution is 0.819. The Labute approximate surface area is 94.0 Å². The van der Waals surface area contributed by atoms with Crippen LogP contribution in [0.25, 0.3) is 0 Å². The van der Waals surface area contributed by atoms with Crippen LogP contribution in [0, 0.1) is 0 Å². The van der Waals surface area contributed by atoms with Crippen molar-refractivity contribution in [2.45, 2.75) is 46.0 Å². The number of hydrogen-bond acceptors (Lipinski definition) is 0. The first-order valence-electron chi connectivity index (χ1n) is 6.04. The fraction of sp³-hybridized carbons (Fsp3) is 0.467. The van der Waals surface area contributed by atoms with Crippen molar-refractivity contribution in [1.29, 1.82) is 0 Å². The lowest BCUT2D eigenvalue weighted by Gasteiger charge is -2.12. The minimum absolute atomic E-state index is 1.13. The third-order valence-corrected chi connectivity index (χ3v) is 2.97. The van der Waals surface area contributed by atoms with E-state index in [0.717, 1.165) is 19.3 Å². The summed E-state index contributed by atoms with van der Waals surface area (Å²) in [5.41, 5.74) is 4.64. The Kier molecular flexibility index (Phi) is 5.17. The molecule has 0 heteroatoms. The molecule has 0 fully saturated rings. The average Bonchev–Trinajstić information content (AvgIpc) is 2.29. The number of benzene rings is 1. The van der Waals surface area contributed by atoms with Gasteiger partial charge in [-0.15, -0.1) is 6.58 Å². The van der Waals surface area contributed by atoms with Crippen molar-refractivity contribution < 1.29 is 0 Å². The van der Waals surface area contributed by atoms with E-state index in [2.05, 4.69) is 38.6 Å². The number of unbranched alkanes of at least 4 members (excludes halogenated alkanes) is 1. The highest BCUT2D eigenvalue weighted by Crippen LogP contribution is 2.19.